The highest BCUT2D eigenvalue weighted by Gasteiger charge is 2.44. The van der Waals surface area contributed by atoms with Crippen molar-refractivity contribution in [3.63, 3.8) is 0 Å². The maximum atomic E-state index is 14.1. The second-order valence-electron chi connectivity index (χ2n) is 22.8. The third-order valence-corrected chi connectivity index (χ3v) is 16.6. The van der Waals surface area contributed by atoms with Gasteiger partial charge in [-0.2, -0.15) is 0 Å². The maximum Gasteiger partial charge on any atom is 0.335 e. The lowest BCUT2D eigenvalue weighted by molar-refractivity contribution is -0.573. The van der Waals surface area contributed by atoms with Gasteiger partial charge in [0.2, 0.25) is 23.3 Å². The number of carbonyl (C=O) groups is 12. The first kappa shape index (κ1) is 68.3. The number of carboxylic acid groups (broad SMARTS) is 9. The van der Waals surface area contributed by atoms with Crippen LogP contribution in [0.3, 0.4) is 0 Å². The van der Waals surface area contributed by atoms with Gasteiger partial charge in [-0.05, 0) is 106 Å². The standard InChI is InChI=1S/C67H57N7O23/c75-52(68-49(64(90)91)28-43-40-7-1-4-10-46(40)71-55(43)31-19-34(58(78)79)25-35(20-31)59(80)81)13-16-67(74(96)97,17-14-53(76)69-50(65(92)93)29-44-41-8-2-5-11-47(41)72-56(44)32-21-36(60(82)83)26-37(22-32)61(84)85)18-15-54(77)70-51(66(94)95)30-45-42-9-3-6-12-48(42)73-57(45)33-23-38(62(86)87)27-39(24-33)63(88)89/h1-12,19-27,49-51,71-73H,13-18,28-30H2,(H,68,75)(H,69,76)(H,70,77)(H,78,79)(H,80,81)(H,82,83)(H,84,85)(H,86,87)(H,88,89)(H,90,91)(H,92,93)(H,94,95). The zero-order chi connectivity index (χ0) is 70.3. The molecule has 30 heteroatoms. The van der Waals surface area contributed by atoms with Crippen LogP contribution in [-0.4, -0.2) is 161 Å². The molecule has 3 unspecified atom stereocenters. The molecular weight excluding hydrogens is 1270 g/mol. The number of para-hydroxylation sites is 3. The Morgan fingerprint density at radius 3 is 0.804 bits per heavy atom. The highest BCUT2D eigenvalue weighted by atomic mass is 16.6. The molecule has 3 atom stereocenters. The minimum absolute atomic E-state index is 0.0104. The first-order chi connectivity index (χ1) is 46.0. The van der Waals surface area contributed by atoms with Crippen molar-refractivity contribution >= 4 is 104 Å². The summed E-state index contributed by atoms with van der Waals surface area (Å²) in [5.74, 6) is -17.2. The highest BCUT2D eigenvalue weighted by Crippen LogP contribution is 2.37. The van der Waals surface area contributed by atoms with Crippen LogP contribution in [0.25, 0.3) is 66.5 Å². The van der Waals surface area contributed by atoms with Crippen LogP contribution in [0, 0.1) is 10.1 Å². The zero-order valence-corrected chi connectivity index (χ0v) is 50.4. The van der Waals surface area contributed by atoms with Gasteiger partial charge >= 0.3 is 53.7 Å². The van der Waals surface area contributed by atoms with Crippen LogP contribution in [0.2, 0.25) is 0 Å². The van der Waals surface area contributed by atoms with Gasteiger partial charge in [0.05, 0.1) is 33.4 Å². The molecule has 0 aliphatic carbocycles. The normalized spacial score (nSPS) is 12.8. The Balaban J connectivity index is 1.01. The van der Waals surface area contributed by atoms with Gasteiger partial charge in [0, 0.05) is 113 Å². The third kappa shape index (κ3) is 15.4. The van der Waals surface area contributed by atoms with E-state index >= 15 is 0 Å². The Hall–Kier alpha value is -13.0. The molecule has 6 aromatic carbocycles. The molecule has 0 aliphatic rings. The molecule has 3 heterocycles. The second-order valence-corrected chi connectivity index (χ2v) is 22.8. The molecule has 0 saturated heterocycles. The number of fused-ring (bicyclic) bond motifs is 3. The summed E-state index contributed by atoms with van der Waals surface area (Å²) in [4.78, 5) is 176. The van der Waals surface area contributed by atoms with Crippen LogP contribution in [0.15, 0.2) is 127 Å². The smallest absolute Gasteiger partial charge is 0.335 e. The number of hydrogen-bond donors (Lipinski definition) is 15. The Bertz CT molecular complexity index is 4220. The average Bonchev–Trinajstić information content (AvgIpc) is 1.62. The van der Waals surface area contributed by atoms with Crippen LogP contribution >= 0.6 is 0 Å². The SMILES string of the molecule is O=C(CCC(CCC(=O)NC(Cc1c(-c2cc(C(=O)O)cc(C(=O)O)c2)[nH]c2ccccc12)C(=O)O)(CCC(=O)NC(Cc1c(-c2cc(C(=O)O)cc(C(=O)O)c2)[nH]c2ccccc12)C(=O)O)[N+](=O)[O-])NC(Cc1c(-c2cc(C(=O)O)cc(C(=O)O)c2)[nH]c2ccccc12)C(=O)O. The Labute approximate surface area is 544 Å². The Kier molecular flexibility index (Phi) is 20.1. The number of amides is 3. The summed E-state index contributed by atoms with van der Waals surface area (Å²) in [5, 5.41) is 113. The lowest BCUT2D eigenvalue weighted by Crippen LogP contribution is -2.47. The quantitative estimate of drug-likeness (QED) is 0.0148. The van der Waals surface area contributed by atoms with E-state index in [4.69, 9.17) is 0 Å². The number of H-pyrrole nitrogens is 3. The summed E-state index contributed by atoms with van der Waals surface area (Å²) in [7, 11) is 0. The first-order valence-electron chi connectivity index (χ1n) is 29.4. The van der Waals surface area contributed by atoms with Crippen molar-refractivity contribution < 1.29 is 108 Å². The summed E-state index contributed by atoms with van der Waals surface area (Å²) in [6.07, 6.45) is -7.02. The van der Waals surface area contributed by atoms with Crippen LogP contribution in [0.4, 0.5) is 0 Å². The molecule has 9 aromatic rings. The predicted octanol–water partition coefficient (Wildman–Crippen LogP) is 7.41. The number of aromatic carboxylic acids is 6. The number of nitrogens with one attached hydrogen (secondary N) is 6. The van der Waals surface area contributed by atoms with Gasteiger partial charge in [0.25, 0.3) is 0 Å². The number of carbonyl (C=O) groups excluding carboxylic acids is 3. The van der Waals surface area contributed by atoms with E-state index in [1.54, 1.807) is 72.8 Å². The predicted molar refractivity (Wildman–Crippen MR) is 340 cm³/mol. The van der Waals surface area contributed by atoms with Gasteiger partial charge in [-0.15, -0.1) is 0 Å². The van der Waals surface area contributed by atoms with E-state index in [9.17, 15) is 114 Å². The number of nitro groups is 1. The summed E-state index contributed by atoms with van der Waals surface area (Å²) in [5.41, 5.74) is -3.21. The minimum atomic E-state index is -2.54. The Morgan fingerprint density at radius 2 is 0.598 bits per heavy atom. The van der Waals surface area contributed by atoms with E-state index in [1.807, 2.05) is 0 Å². The monoisotopic (exact) mass is 1330 g/mol. The molecule has 0 saturated carbocycles. The Morgan fingerprint density at radius 1 is 0.371 bits per heavy atom. The number of aliphatic carboxylic acids is 3. The summed E-state index contributed by atoms with van der Waals surface area (Å²) in [6, 6.07) is 23.1. The molecule has 3 aromatic heterocycles. The van der Waals surface area contributed by atoms with Gasteiger partial charge in [-0.1, -0.05) is 54.6 Å². The molecule has 9 rings (SSSR count). The van der Waals surface area contributed by atoms with Crippen molar-refractivity contribution in [3.8, 4) is 33.8 Å². The number of aromatic amines is 3. The van der Waals surface area contributed by atoms with E-state index in [1.165, 1.54) is 0 Å². The van der Waals surface area contributed by atoms with E-state index in [-0.39, 0.29) is 50.5 Å². The molecule has 0 radical (unpaired) electrons. The zero-order valence-electron chi connectivity index (χ0n) is 50.4. The number of hydrogen-bond acceptors (Lipinski definition) is 14. The summed E-state index contributed by atoms with van der Waals surface area (Å²) >= 11 is 0. The van der Waals surface area contributed by atoms with Crippen LogP contribution in [0.5, 0.6) is 0 Å². The van der Waals surface area contributed by atoms with Gasteiger partial charge in [0.15, 0.2) is 0 Å². The van der Waals surface area contributed by atoms with Crippen LogP contribution in [0.1, 0.15) is 117 Å². The lowest BCUT2D eigenvalue weighted by atomic mass is 9.83. The topological polar surface area (TPSA) is 514 Å². The summed E-state index contributed by atoms with van der Waals surface area (Å²) < 4.78 is 0. The van der Waals surface area contributed by atoms with Gasteiger partial charge in [-0.25, -0.2) is 43.2 Å². The molecule has 0 spiro atoms. The molecule has 498 valence electrons. The molecule has 3 amide bonds. The maximum absolute atomic E-state index is 14.1. The number of rotatable bonds is 31. The number of carboxylic acids is 9. The molecule has 15 N–H and O–H groups in total. The fourth-order valence-corrected chi connectivity index (χ4v) is 11.7. The lowest BCUT2D eigenvalue weighted by Gasteiger charge is -2.26. The average molecular weight is 1330 g/mol. The first-order valence-corrected chi connectivity index (χ1v) is 29.4. The second kappa shape index (κ2) is 28.5. The summed E-state index contributed by atoms with van der Waals surface area (Å²) in [6.45, 7) is 0. The van der Waals surface area contributed by atoms with Crippen molar-refractivity contribution in [2.24, 2.45) is 0 Å². The number of nitrogens with zero attached hydrogens (tertiary/aromatic N) is 1. The molecule has 0 aliphatic heterocycles. The van der Waals surface area contributed by atoms with Crippen LogP contribution < -0.4 is 16.0 Å². The van der Waals surface area contributed by atoms with Gasteiger partial charge in [0.1, 0.15) is 18.1 Å². The van der Waals surface area contributed by atoms with Crippen molar-refractivity contribution in [1.82, 2.24) is 30.9 Å². The molecule has 0 bridgehead atoms. The number of aromatic nitrogens is 3. The largest absolute Gasteiger partial charge is 0.480 e. The minimum Gasteiger partial charge on any atom is -0.480 e. The molecule has 30 nitrogen and oxygen atoms in total. The van der Waals surface area contributed by atoms with Crippen molar-refractivity contribution in [2.45, 2.75) is 81.5 Å². The molecule has 0 fully saturated rings. The van der Waals surface area contributed by atoms with Crippen molar-refractivity contribution in [2.75, 3.05) is 0 Å². The van der Waals surface area contributed by atoms with Gasteiger partial charge < -0.3 is 76.9 Å². The van der Waals surface area contributed by atoms with E-state index < -0.39 is 191 Å². The van der Waals surface area contributed by atoms with Crippen molar-refractivity contribution in [3.05, 3.63) is 188 Å². The van der Waals surface area contributed by atoms with Crippen LogP contribution in [-0.2, 0) is 48.0 Å². The van der Waals surface area contributed by atoms with E-state index in [0.717, 1.165) is 54.6 Å². The third-order valence-electron chi connectivity index (χ3n) is 16.6. The molecule has 97 heavy (non-hydrogen) atoms. The molecular formula is C67H57N7O23. The van der Waals surface area contributed by atoms with E-state index in [0.29, 0.717) is 32.7 Å². The fourth-order valence-electron chi connectivity index (χ4n) is 11.7. The number of benzene rings is 6. The van der Waals surface area contributed by atoms with E-state index in [2.05, 4.69) is 30.9 Å². The highest BCUT2D eigenvalue weighted by molar-refractivity contribution is 6.02. The van der Waals surface area contributed by atoms with Gasteiger partial charge in [-0.3, -0.25) is 24.5 Å². The fraction of sp³-hybridized carbons (Fsp3) is 0.194. The van der Waals surface area contributed by atoms with Crippen molar-refractivity contribution in [1.29, 1.82) is 0 Å².